The molecule has 1 saturated heterocycles. The van der Waals surface area contributed by atoms with Crippen LogP contribution in [0.25, 0.3) is 0 Å². The van der Waals surface area contributed by atoms with Crippen LogP contribution in [-0.4, -0.2) is 80.3 Å². The highest BCUT2D eigenvalue weighted by atomic mass is 16.5. The van der Waals surface area contributed by atoms with E-state index in [-0.39, 0.29) is 41.4 Å². The largest absolute Gasteiger partial charge is 0.491 e. The van der Waals surface area contributed by atoms with Gasteiger partial charge in [0.15, 0.2) is 0 Å². The van der Waals surface area contributed by atoms with Crippen LogP contribution in [0.5, 0.6) is 5.75 Å². The minimum Gasteiger partial charge on any atom is -0.491 e. The number of hydrogen-bond donors (Lipinski definition) is 0. The van der Waals surface area contributed by atoms with E-state index in [1.54, 1.807) is 51.2 Å². The van der Waals surface area contributed by atoms with Gasteiger partial charge < -0.3 is 24.0 Å². The first kappa shape index (κ1) is 22.1. The molecule has 0 aliphatic carbocycles. The zero-order valence-corrected chi connectivity index (χ0v) is 18.0. The Labute approximate surface area is 177 Å². The van der Waals surface area contributed by atoms with Gasteiger partial charge in [0, 0.05) is 34.2 Å². The standard InChI is InChI=1S/C22H29N3O5/c1-14-21(26)24(2)13-19-18(28-4)9-8-16(30-19)10-11-29-20-15(12-23)6-5-7-17(20)22(27)25(14)3/h5-7,14,16,18-19H,8-11,13H2,1-4H3/t14-,16+,18+,19-/m0/s1. The average molecular weight is 415 g/mol. The van der Waals surface area contributed by atoms with Crippen LogP contribution in [0.15, 0.2) is 18.2 Å². The van der Waals surface area contributed by atoms with Gasteiger partial charge in [-0.15, -0.1) is 0 Å². The molecule has 0 saturated carbocycles. The minimum absolute atomic E-state index is 0.0404. The van der Waals surface area contributed by atoms with Crippen LogP contribution < -0.4 is 4.74 Å². The monoisotopic (exact) mass is 415 g/mol. The molecule has 30 heavy (non-hydrogen) atoms. The number of nitrogens with zero attached hydrogens (tertiary/aromatic N) is 3. The number of benzene rings is 1. The number of amides is 2. The van der Waals surface area contributed by atoms with Gasteiger partial charge >= 0.3 is 0 Å². The van der Waals surface area contributed by atoms with Crippen LogP contribution in [0.3, 0.4) is 0 Å². The van der Waals surface area contributed by atoms with Crippen LogP contribution in [-0.2, 0) is 14.3 Å². The van der Waals surface area contributed by atoms with E-state index in [1.807, 2.05) is 0 Å². The molecule has 1 aromatic carbocycles. The van der Waals surface area contributed by atoms with Crippen molar-refractivity contribution < 1.29 is 23.8 Å². The van der Waals surface area contributed by atoms with Gasteiger partial charge in [-0.1, -0.05) is 6.07 Å². The first-order valence-electron chi connectivity index (χ1n) is 10.2. The Hall–Kier alpha value is -2.63. The highest BCUT2D eigenvalue weighted by Gasteiger charge is 2.35. The lowest BCUT2D eigenvalue weighted by Crippen LogP contribution is -2.52. The SMILES string of the molecule is CO[C@@H]1CC[C@@H]2CCOc3c(C#N)cccc3C(=O)N(C)[C@@H](C)C(=O)N(C)C[C@@H]1O2. The van der Waals surface area contributed by atoms with Crippen LogP contribution in [0, 0.1) is 11.3 Å². The van der Waals surface area contributed by atoms with Gasteiger partial charge in [-0.2, -0.15) is 5.26 Å². The van der Waals surface area contributed by atoms with Crippen LogP contribution in [0.4, 0.5) is 0 Å². The number of likely N-dealkylation sites (N-methyl/N-ethyl adjacent to an activating group) is 2. The molecule has 3 rings (SSSR count). The van der Waals surface area contributed by atoms with Gasteiger partial charge in [0.05, 0.1) is 29.9 Å². The first-order valence-corrected chi connectivity index (χ1v) is 10.2. The summed E-state index contributed by atoms with van der Waals surface area (Å²) < 4.78 is 17.7. The predicted molar refractivity (Wildman–Crippen MR) is 109 cm³/mol. The lowest BCUT2D eigenvalue weighted by atomic mass is 9.98. The third-order valence-corrected chi connectivity index (χ3v) is 6.00. The third kappa shape index (κ3) is 4.42. The summed E-state index contributed by atoms with van der Waals surface area (Å²) in [5.74, 6) is -0.300. The molecule has 2 aliphatic heterocycles. The van der Waals surface area contributed by atoms with Gasteiger partial charge in [0.25, 0.3) is 5.91 Å². The predicted octanol–water partition coefficient (Wildman–Crippen LogP) is 1.82. The Morgan fingerprint density at radius 3 is 2.67 bits per heavy atom. The molecule has 8 heteroatoms. The number of rotatable bonds is 1. The van der Waals surface area contributed by atoms with Crippen LogP contribution in [0.1, 0.15) is 42.1 Å². The molecule has 0 spiro atoms. The van der Waals surface area contributed by atoms with Gasteiger partial charge in [-0.05, 0) is 31.9 Å². The van der Waals surface area contributed by atoms with Crippen molar-refractivity contribution in [3.8, 4) is 11.8 Å². The van der Waals surface area contributed by atoms with Crippen LogP contribution in [0.2, 0.25) is 0 Å². The number of carbonyl (C=O) groups excluding carboxylic acids is 2. The molecule has 1 fully saturated rings. The van der Waals surface area contributed by atoms with Gasteiger partial charge in [0.1, 0.15) is 24.0 Å². The molecule has 2 heterocycles. The molecule has 4 atom stereocenters. The molecule has 2 amide bonds. The minimum atomic E-state index is -0.690. The van der Waals surface area contributed by atoms with E-state index in [2.05, 4.69) is 6.07 Å². The highest BCUT2D eigenvalue weighted by Crippen LogP contribution is 2.28. The summed E-state index contributed by atoms with van der Waals surface area (Å²) >= 11 is 0. The van der Waals surface area contributed by atoms with Crippen molar-refractivity contribution in [2.24, 2.45) is 0 Å². The summed E-state index contributed by atoms with van der Waals surface area (Å²) in [5, 5.41) is 9.49. The number of ether oxygens (including phenoxy) is 3. The van der Waals surface area contributed by atoms with E-state index in [1.165, 1.54) is 4.90 Å². The average Bonchev–Trinajstić information content (AvgIpc) is 2.76. The molecule has 162 valence electrons. The number of carbonyl (C=O) groups is 2. The zero-order chi connectivity index (χ0) is 21.8. The van der Waals surface area contributed by atoms with E-state index in [4.69, 9.17) is 14.2 Å². The maximum atomic E-state index is 13.2. The number of fused-ring (bicyclic) bond motifs is 3. The van der Waals surface area contributed by atoms with Gasteiger partial charge in [0.2, 0.25) is 5.91 Å². The fourth-order valence-corrected chi connectivity index (χ4v) is 4.03. The van der Waals surface area contributed by atoms with Gasteiger partial charge in [-0.3, -0.25) is 9.59 Å². The number of para-hydroxylation sites is 1. The normalized spacial score (nSPS) is 28.2. The molecular formula is C22H29N3O5. The van der Waals surface area contributed by atoms with E-state index in [0.717, 1.165) is 12.8 Å². The van der Waals surface area contributed by atoms with Crippen molar-refractivity contribution in [1.29, 1.82) is 5.26 Å². The van der Waals surface area contributed by atoms with Crippen LogP contribution >= 0.6 is 0 Å². The second kappa shape index (κ2) is 9.45. The summed E-state index contributed by atoms with van der Waals surface area (Å²) in [6.07, 6.45) is 1.89. The maximum Gasteiger partial charge on any atom is 0.258 e. The van der Waals surface area contributed by atoms with E-state index in [9.17, 15) is 14.9 Å². The molecule has 0 unspecified atom stereocenters. The zero-order valence-electron chi connectivity index (χ0n) is 18.0. The van der Waals surface area contributed by atoms with Crippen molar-refractivity contribution in [2.75, 3.05) is 34.4 Å². The van der Waals surface area contributed by atoms with Crippen molar-refractivity contribution >= 4 is 11.8 Å². The van der Waals surface area contributed by atoms with Crippen molar-refractivity contribution in [3.05, 3.63) is 29.3 Å². The molecule has 0 aromatic heterocycles. The lowest BCUT2D eigenvalue weighted by molar-refractivity contribution is -0.152. The first-order chi connectivity index (χ1) is 14.4. The molecule has 2 bridgehead atoms. The van der Waals surface area contributed by atoms with Crippen molar-refractivity contribution in [1.82, 2.24) is 9.80 Å². The third-order valence-electron chi connectivity index (χ3n) is 6.00. The maximum absolute atomic E-state index is 13.2. The van der Waals surface area contributed by atoms with E-state index in [0.29, 0.717) is 25.1 Å². The summed E-state index contributed by atoms with van der Waals surface area (Å²) in [6, 6.07) is 6.29. The van der Waals surface area contributed by atoms with E-state index < -0.39 is 6.04 Å². The van der Waals surface area contributed by atoms with Crippen molar-refractivity contribution in [2.45, 2.75) is 50.5 Å². The second-order valence-corrected chi connectivity index (χ2v) is 7.89. The Bertz CT molecular complexity index is 837. The smallest absolute Gasteiger partial charge is 0.258 e. The topological polar surface area (TPSA) is 92.1 Å². The van der Waals surface area contributed by atoms with Gasteiger partial charge in [-0.25, -0.2) is 0 Å². The summed E-state index contributed by atoms with van der Waals surface area (Å²) in [5.41, 5.74) is 0.567. The quantitative estimate of drug-likeness (QED) is 0.695. The molecule has 8 nitrogen and oxygen atoms in total. The Balaban J connectivity index is 1.96. The Kier molecular flexibility index (Phi) is 6.95. The fraction of sp³-hybridized carbons (Fsp3) is 0.591. The molecule has 0 N–H and O–H groups in total. The Morgan fingerprint density at radius 1 is 1.20 bits per heavy atom. The Morgan fingerprint density at radius 2 is 1.97 bits per heavy atom. The summed E-state index contributed by atoms with van der Waals surface area (Å²) in [6.45, 7) is 2.40. The van der Waals surface area contributed by atoms with E-state index >= 15 is 0 Å². The fourth-order valence-electron chi connectivity index (χ4n) is 4.03. The molecular weight excluding hydrogens is 386 g/mol. The summed E-state index contributed by atoms with van der Waals surface area (Å²) in [7, 11) is 4.95. The number of hydrogen-bond acceptors (Lipinski definition) is 6. The second-order valence-electron chi connectivity index (χ2n) is 7.89. The molecule has 1 aromatic rings. The number of methoxy groups -OCH3 is 1. The summed E-state index contributed by atoms with van der Waals surface area (Å²) in [4.78, 5) is 29.1. The lowest BCUT2D eigenvalue weighted by Gasteiger charge is -2.39. The number of nitriles is 1. The molecule has 0 radical (unpaired) electrons. The van der Waals surface area contributed by atoms with Crippen molar-refractivity contribution in [3.63, 3.8) is 0 Å². The highest BCUT2D eigenvalue weighted by molar-refractivity contribution is 6.00. The molecule has 2 aliphatic rings.